The highest BCUT2D eigenvalue weighted by molar-refractivity contribution is 6.00. The number of rotatable bonds is 2. The molecule has 0 bridgehead atoms. The van der Waals surface area contributed by atoms with Crippen LogP contribution in [0.1, 0.15) is 29.2 Å². The van der Waals surface area contributed by atoms with Crippen LogP contribution in [0.25, 0.3) is 10.9 Å². The summed E-state index contributed by atoms with van der Waals surface area (Å²) in [6.07, 6.45) is 3.17. The van der Waals surface area contributed by atoms with Gasteiger partial charge in [0.1, 0.15) is 6.04 Å². The number of aromatic nitrogens is 2. The quantitative estimate of drug-likeness (QED) is 0.638. The number of piperidine rings is 1. The minimum Gasteiger partial charge on any atom is -0.298 e. The lowest BCUT2D eigenvalue weighted by Crippen LogP contribution is -2.41. The lowest BCUT2D eigenvalue weighted by Gasteiger charge is -2.20. The Bertz CT molecular complexity index is 689. The molecule has 0 radical (unpaired) electrons. The number of carbonyl (C=O) groups excluding carboxylic acids is 3. The first-order chi connectivity index (χ1) is 9.19. The number of carbonyl (C=O) groups is 3. The molecule has 1 N–H and O–H groups in total. The van der Waals surface area contributed by atoms with Crippen molar-refractivity contribution in [1.82, 2.24) is 15.1 Å². The minimum absolute atomic E-state index is 0.258. The molecule has 3 rings (SSSR count). The van der Waals surface area contributed by atoms with Gasteiger partial charge in [0.05, 0.1) is 5.52 Å². The maximum absolute atomic E-state index is 11.8. The molecule has 6 heteroatoms. The fraction of sp³-hybridized carbons (Fsp3) is 0.231. The van der Waals surface area contributed by atoms with Crippen LogP contribution in [0.3, 0.4) is 0 Å². The van der Waals surface area contributed by atoms with Crippen LogP contribution in [-0.4, -0.2) is 27.9 Å². The molecule has 0 aliphatic carbocycles. The van der Waals surface area contributed by atoms with Crippen molar-refractivity contribution in [3.63, 3.8) is 0 Å². The summed E-state index contributed by atoms with van der Waals surface area (Å²) in [7, 11) is 0. The van der Waals surface area contributed by atoms with E-state index < -0.39 is 6.04 Å². The highest BCUT2D eigenvalue weighted by Crippen LogP contribution is 2.22. The van der Waals surface area contributed by atoms with Gasteiger partial charge in [-0.15, -0.1) is 0 Å². The summed E-state index contributed by atoms with van der Waals surface area (Å²) in [4.78, 5) is 33.8. The molecule has 1 fully saturated rings. The zero-order valence-electron chi connectivity index (χ0n) is 10.00. The van der Waals surface area contributed by atoms with Crippen molar-refractivity contribution in [2.24, 2.45) is 0 Å². The summed E-state index contributed by atoms with van der Waals surface area (Å²) in [6, 6.07) is 4.73. The number of benzene rings is 1. The predicted molar refractivity (Wildman–Crippen MR) is 66.5 cm³/mol. The Morgan fingerprint density at radius 3 is 2.95 bits per heavy atom. The minimum atomic E-state index is -0.496. The average molecular weight is 257 g/mol. The number of amides is 2. The second kappa shape index (κ2) is 4.31. The molecule has 0 spiro atoms. The molecular weight excluding hydrogens is 246 g/mol. The Balaban J connectivity index is 2.04. The van der Waals surface area contributed by atoms with Crippen LogP contribution >= 0.6 is 0 Å². The second-order valence-corrected chi connectivity index (χ2v) is 4.47. The van der Waals surface area contributed by atoms with E-state index in [1.165, 1.54) is 4.68 Å². The van der Waals surface area contributed by atoms with E-state index >= 15 is 0 Å². The van der Waals surface area contributed by atoms with E-state index in [-0.39, 0.29) is 11.8 Å². The fourth-order valence-electron chi connectivity index (χ4n) is 2.28. The Kier molecular flexibility index (Phi) is 2.63. The Labute approximate surface area is 108 Å². The molecule has 19 heavy (non-hydrogen) atoms. The Hall–Kier alpha value is -2.50. The summed E-state index contributed by atoms with van der Waals surface area (Å²) in [6.45, 7) is 0. The molecule has 96 valence electrons. The molecule has 0 saturated carbocycles. The van der Waals surface area contributed by atoms with Gasteiger partial charge in [0, 0.05) is 23.6 Å². The van der Waals surface area contributed by atoms with Crippen LogP contribution in [0.15, 0.2) is 24.4 Å². The van der Waals surface area contributed by atoms with Crippen LogP contribution in [0.5, 0.6) is 0 Å². The average Bonchev–Trinajstić information content (AvgIpc) is 2.81. The number of hydrogen-bond acceptors (Lipinski definition) is 4. The van der Waals surface area contributed by atoms with Gasteiger partial charge in [-0.3, -0.25) is 24.4 Å². The number of nitrogens with one attached hydrogen (secondary N) is 1. The van der Waals surface area contributed by atoms with Crippen LogP contribution in [0.2, 0.25) is 0 Å². The smallest absolute Gasteiger partial charge is 0.251 e. The lowest BCUT2D eigenvalue weighted by atomic mass is 10.1. The first-order valence-corrected chi connectivity index (χ1v) is 5.96. The summed E-state index contributed by atoms with van der Waals surface area (Å²) in [5.74, 6) is -0.608. The van der Waals surface area contributed by atoms with Gasteiger partial charge in [0.2, 0.25) is 5.91 Å². The molecule has 1 saturated heterocycles. The Morgan fingerprint density at radius 2 is 2.21 bits per heavy atom. The van der Waals surface area contributed by atoms with Gasteiger partial charge in [-0.2, -0.15) is 5.10 Å². The summed E-state index contributed by atoms with van der Waals surface area (Å²) < 4.78 is 1.53. The predicted octanol–water partition coefficient (Wildman–Crippen LogP) is 0.826. The van der Waals surface area contributed by atoms with Crippen molar-refractivity contribution < 1.29 is 14.4 Å². The monoisotopic (exact) mass is 257 g/mol. The van der Waals surface area contributed by atoms with Crippen molar-refractivity contribution in [3.05, 3.63) is 30.0 Å². The van der Waals surface area contributed by atoms with E-state index in [9.17, 15) is 14.4 Å². The largest absolute Gasteiger partial charge is 0.298 e. The topological polar surface area (TPSA) is 81.1 Å². The van der Waals surface area contributed by atoms with E-state index in [4.69, 9.17) is 0 Å². The number of imide groups is 1. The van der Waals surface area contributed by atoms with Gasteiger partial charge in [-0.05, 0) is 12.5 Å². The second-order valence-electron chi connectivity index (χ2n) is 4.47. The van der Waals surface area contributed by atoms with E-state index in [2.05, 4.69) is 10.4 Å². The number of nitrogens with zero attached hydrogens (tertiary/aromatic N) is 2. The molecular formula is C13H11N3O3. The molecule has 2 amide bonds. The van der Waals surface area contributed by atoms with Crippen LogP contribution in [-0.2, 0) is 9.59 Å². The van der Waals surface area contributed by atoms with Gasteiger partial charge in [0.25, 0.3) is 5.91 Å². The van der Waals surface area contributed by atoms with E-state index in [1.54, 1.807) is 24.4 Å². The van der Waals surface area contributed by atoms with Crippen LogP contribution in [0.4, 0.5) is 0 Å². The zero-order valence-corrected chi connectivity index (χ0v) is 10.00. The van der Waals surface area contributed by atoms with E-state index in [0.29, 0.717) is 29.3 Å². The summed E-state index contributed by atoms with van der Waals surface area (Å²) in [5.41, 5.74) is 1.20. The Morgan fingerprint density at radius 1 is 1.37 bits per heavy atom. The zero-order chi connectivity index (χ0) is 13.4. The van der Waals surface area contributed by atoms with Gasteiger partial charge < -0.3 is 0 Å². The molecule has 1 aliphatic heterocycles. The highest BCUT2D eigenvalue weighted by Gasteiger charge is 2.28. The van der Waals surface area contributed by atoms with Gasteiger partial charge in [-0.1, -0.05) is 12.1 Å². The van der Waals surface area contributed by atoms with Gasteiger partial charge in [0.15, 0.2) is 6.29 Å². The molecule has 1 aromatic heterocycles. The van der Waals surface area contributed by atoms with Crippen molar-refractivity contribution in [3.8, 4) is 0 Å². The third-order valence-corrected chi connectivity index (χ3v) is 3.26. The normalized spacial score (nSPS) is 19.5. The number of aldehydes is 1. The summed E-state index contributed by atoms with van der Waals surface area (Å²) >= 11 is 0. The SMILES string of the molecule is O=Cc1cccc2nn(C3CCC(=O)NC3=O)cc12. The molecule has 2 aromatic rings. The maximum Gasteiger partial charge on any atom is 0.251 e. The third kappa shape index (κ3) is 1.91. The first-order valence-electron chi connectivity index (χ1n) is 5.96. The lowest BCUT2D eigenvalue weighted by molar-refractivity contribution is -0.135. The van der Waals surface area contributed by atoms with Gasteiger partial charge in [-0.25, -0.2) is 0 Å². The standard InChI is InChI=1S/C13H11N3O3/c17-7-8-2-1-3-10-9(8)6-16(15-10)11-4-5-12(18)14-13(11)19/h1-3,6-7,11H,4-5H2,(H,14,18,19). The molecule has 1 unspecified atom stereocenters. The molecule has 6 nitrogen and oxygen atoms in total. The first kappa shape index (κ1) is 11.6. The van der Waals surface area contributed by atoms with Crippen molar-refractivity contribution in [2.75, 3.05) is 0 Å². The van der Waals surface area contributed by atoms with E-state index in [1.807, 2.05) is 0 Å². The molecule has 1 aliphatic rings. The summed E-state index contributed by atoms with van der Waals surface area (Å²) in [5, 5.41) is 7.31. The van der Waals surface area contributed by atoms with Crippen LogP contribution in [0, 0.1) is 0 Å². The highest BCUT2D eigenvalue weighted by atomic mass is 16.2. The van der Waals surface area contributed by atoms with Crippen LogP contribution < -0.4 is 5.32 Å². The van der Waals surface area contributed by atoms with Crippen molar-refractivity contribution in [2.45, 2.75) is 18.9 Å². The third-order valence-electron chi connectivity index (χ3n) is 3.26. The van der Waals surface area contributed by atoms with E-state index in [0.717, 1.165) is 6.29 Å². The fourth-order valence-corrected chi connectivity index (χ4v) is 2.28. The molecule has 1 aromatic carbocycles. The number of fused-ring (bicyclic) bond motifs is 1. The van der Waals surface area contributed by atoms with Gasteiger partial charge >= 0.3 is 0 Å². The maximum atomic E-state index is 11.8. The van der Waals surface area contributed by atoms with Crippen molar-refractivity contribution >= 4 is 29.0 Å². The molecule has 2 heterocycles. The number of hydrogen-bond donors (Lipinski definition) is 1. The van der Waals surface area contributed by atoms with Crippen molar-refractivity contribution in [1.29, 1.82) is 0 Å². The molecule has 1 atom stereocenters.